The lowest BCUT2D eigenvalue weighted by Crippen LogP contribution is -2.44. The summed E-state index contributed by atoms with van der Waals surface area (Å²) in [6.45, 7) is 5.50. The number of nitrogens with one attached hydrogen (secondary N) is 1. The number of likely N-dealkylation sites (N-methyl/N-ethyl adjacent to an activating group) is 1. The summed E-state index contributed by atoms with van der Waals surface area (Å²) < 4.78 is 13.5. The average Bonchev–Trinajstić information content (AvgIpc) is 2.49. The lowest BCUT2D eigenvalue weighted by molar-refractivity contribution is -0.111. The van der Waals surface area contributed by atoms with Crippen LogP contribution in [0.5, 0.6) is 0 Å². The molecular formula is C17H22FN3O. The number of amides is 1. The van der Waals surface area contributed by atoms with E-state index in [0.717, 1.165) is 31.9 Å². The Balaban J connectivity index is 2.15. The molecule has 5 heteroatoms. The van der Waals surface area contributed by atoms with Crippen molar-refractivity contribution in [1.82, 2.24) is 4.90 Å². The van der Waals surface area contributed by atoms with Gasteiger partial charge < -0.3 is 15.1 Å². The quantitative estimate of drug-likeness (QED) is 0.686. The van der Waals surface area contributed by atoms with Crippen LogP contribution in [0.2, 0.25) is 0 Å². The van der Waals surface area contributed by atoms with Crippen LogP contribution in [-0.4, -0.2) is 44.0 Å². The molecular weight excluding hydrogens is 281 g/mol. The van der Waals surface area contributed by atoms with Gasteiger partial charge >= 0.3 is 0 Å². The molecule has 22 heavy (non-hydrogen) atoms. The molecule has 0 atom stereocenters. The summed E-state index contributed by atoms with van der Waals surface area (Å²) in [5, 5.41) is 2.76. The number of benzene rings is 1. The van der Waals surface area contributed by atoms with Crippen LogP contribution in [0.4, 0.5) is 15.8 Å². The maximum absolute atomic E-state index is 13.5. The minimum absolute atomic E-state index is 0.265. The van der Waals surface area contributed by atoms with E-state index >= 15 is 0 Å². The third-order valence-corrected chi connectivity index (χ3v) is 3.61. The van der Waals surface area contributed by atoms with Crippen LogP contribution in [0.1, 0.15) is 6.92 Å². The standard InChI is InChI=1S/C17H22FN3O/c1-3-4-5-6-17(22)19-15-13-14(18)7-8-16(15)21-11-9-20(2)10-12-21/h3-8,13H,9-12H2,1-2H3,(H,19,22)/b4-3+,6-5-. The molecule has 1 N–H and O–H groups in total. The molecule has 118 valence electrons. The summed E-state index contributed by atoms with van der Waals surface area (Å²) in [6, 6.07) is 4.53. The van der Waals surface area contributed by atoms with Gasteiger partial charge in [-0.2, -0.15) is 0 Å². The Morgan fingerprint density at radius 3 is 2.64 bits per heavy atom. The van der Waals surface area contributed by atoms with Gasteiger partial charge in [-0.25, -0.2) is 4.39 Å². The fraction of sp³-hybridized carbons (Fsp3) is 0.353. The van der Waals surface area contributed by atoms with E-state index in [1.807, 2.05) is 13.0 Å². The van der Waals surface area contributed by atoms with E-state index in [2.05, 4.69) is 22.2 Å². The minimum Gasteiger partial charge on any atom is -0.367 e. The topological polar surface area (TPSA) is 35.6 Å². The SMILES string of the molecule is C/C=C/C=C\C(=O)Nc1cc(F)ccc1N1CCN(C)CC1. The number of carbonyl (C=O) groups excluding carboxylic acids is 1. The second kappa shape index (κ2) is 7.75. The van der Waals surface area contributed by atoms with E-state index in [9.17, 15) is 9.18 Å². The molecule has 1 heterocycles. The molecule has 4 nitrogen and oxygen atoms in total. The molecule has 0 saturated carbocycles. The van der Waals surface area contributed by atoms with Crippen LogP contribution in [0.15, 0.2) is 42.5 Å². The number of hydrogen-bond donors (Lipinski definition) is 1. The molecule has 0 aliphatic carbocycles. The van der Waals surface area contributed by atoms with Crippen LogP contribution >= 0.6 is 0 Å². The zero-order valence-electron chi connectivity index (χ0n) is 13.1. The molecule has 0 radical (unpaired) electrons. The molecule has 1 fully saturated rings. The number of hydrogen-bond acceptors (Lipinski definition) is 3. The van der Waals surface area contributed by atoms with Crippen molar-refractivity contribution in [2.75, 3.05) is 43.4 Å². The van der Waals surface area contributed by atoms with Gasteiger partial charge in [-0.3, -0.25) is 4.79 Å². The molecule has 1 amide bonds. The highest BCUT2D eigenvalue weighted by Gasteiger charge is 2.18. The highest BCUT2D eigenvalue weighted by atomic mass is 19.1. The van der Waals surface area contributed by atoms with Gasteiger partial charge in [0.25, 0.3) is 0 Å². The molecule has 0 aromatic heterocycles. The van der Waals surface area contributed by atoms with E-state index in [4.69, 9.17) is 0 Å². The van der Waals surface area contributed by atoms with Crippen LogP contribution in [-0.2, 0) is 4.79 Å². The Hall–Kier alpha value is -2.14. The third-order valence-electron chi connectivity index (χ3n) is 3.61. The molecule has 1 aromatic rings. The molecule has 1 aliphatic rings. The van der Waals surface area contributed by atoms with Gasteiger partial charge in [0, 0.05) is 32.3 Å². The summed E-state index contributed by atoms with van der Waals surface area (Å²) >= 11 is 0. The van der Waals surface area contributed by atoms with Crippen molar-refractivity contribution >= 4 is 17.3 Å². The number of anilines is 2. The minimum atomic E-state index is -0.356. The second-order valence-corrected chi connectivity index (χ2v) is 5.33. The van der Waals surface area contributed by atoms with E-state index in [0.29, 0.717) is 5.69 Å². The number of piperazine rings is 1. The number of nitrogens with zero attached hydrogens (tertiary/aromatic N) is 2. The van der Waals surface area contributed by atoms with Crippen molar-refractivity contribution in [1.29, 1.82) is 0 Å². The van der Waals surface area contributed by atoms with Gasteiger partial charge in [0.05, 0.1) is 11.4 Å². The predicted octanol–water partition coefficient (Wildman–Crippen LogP) is 2.65. The zero-order valence-corrected chi connectivity index (χ0v) is 13.1. The smallest absolute Gasteiger partial charge is 0.248 e. The molecule has 2 rings (SSSR count). The van der Waals surface area contributed by atoms with Crippen LogP contribution in [0.25, 0.3) is 0 Å². The fourth-order valence-electron chi connectivity index (χ4n) is 2.36. The van der Waals surface area contributed by atoms with Gasteiger partial charge in [0.2, 0.25) is 5.91 Å². The second-order valence-electron chi connectivity index (χ2n) is 5.33. The number of halogens is 1. The van der Waals surface area contributed by atoms with E-state index in [1.165, 1.54) is 18.2 Å². The first-order valence-corrected chi connectivity index (χ1v) is 7.43. The molecule has 0 unspecified atom stereocenters. The summed E-state index contributed by atoms with van der Waals surface area (Å²) in [5.74, 6) is -0.621. The van der Waals surface area contributed by atoms with Gasteiger partial charge in [-0.1, -0.05) is 18.2 Å². The lowest BCUT2D eigenvalue weighted by atomic mass is 10.2. The Kier molecular flexibility index (Phi) is 5.72. The van der Waals surface area contributed by atoms with Gasteiger partial charge in [0.15, 0.2) is 0 Å². The number of allylic oxidation sites excluding steroid dienone is 3. The van der Waals surface area contributed by atoms with E-state index in [-0.39, 0.29) is 11.7 Å². The summed E-state index contributed by atoms with van der Waals surface area (Å²) in [5.41, 5.74) is 1.38. The summed E-state index contributed by atoms with van der Waals surface area (Å²) in [4.78, 5) is 16.3. The van der Waals surface area contributed by atoms with Gasteiger partial charge in [-0.15, -0.1) is 0 Å². The van der Waals surface area contributed by atoms with Crippen molar-refractivity contribution in [2.45, 2.75) is 6.92 Å². The first-order chi connectivity index (χ1) is 10.6. The van der Waals surface area contributed by atoms with Crippen molar-refractivity contribution in [3.05, 3.63) is 48.3 Å². The Morgan fingerprint density at radius 2 is 1.95 bits per heavy atom. The number of carbonyl (C=O) groups is 1. The van der Waals surface area contributed by atoms with Crippen LogP contribution in [0.3, 0.4) is 0 Å². The molecule has 1 aromatic carbocycles. The molecule has 0 spiro atoms. The van der Waals surface area contributed by atoms with Gasteiger partial charge in [-0.05, 0) is 32.2 Å². The average molecular weight is 303 g/mol. The molecule has 1 saturated heterocycles. The van der Waals surface area contributed by atoms with E-state index < -0.39 is 0 Å². The third kappa shape index (κ3) is 4.43. The highest BCUT2D eigenvalue weighted by molar-refractivity contribution is 6.01. The summed E-state index contributed by atoms with van der Waals surface area (Å²) in [6.07, 6.45) is 6.69. The van der Waals surface area contributed by atoms with Crippen molar-refractivity contribution in [3.8, 4) is 0 Å². The Bertz CT molecular complexity index is 575. The lowest BCUT2D eigenvalue weighted by Gasteiger charge is -2.35. The Labute approximate surface area is 130 Å². The van der Waals surface area contributed by atoms with Crippen molar-refractivity contribution in [3.63, 3.8) is 0 Å². The van der Waals surface area contributed by atoms with E-state index in [1.54, 1.807) is 18.2 Å². The van der Waals surface area contributed by atoms with Crippen LogP contribution < -0.4 is 10.2 Å². The number of rotatable bonds is 4. The first kappa shape index (κ1) is 16.2. The Morgan fingerprint density at radius 1 is 1.23 bits per heavy atom. The maximum atomic E-state index is 13.5. The van der Waals surface area contributed by atoms with Crippen molar-refractivity contribution in [2.24, 2.45) is 0 Å². The predicted molar refractivity (Wildman–Crippen MR) is 88.7 cm³/mol. The van der Waals surface area contributed by atoms with Crippen LogP contribution in [0, 0.1) is 5.82 Å². The van der Waals surface area contributed by atoms with Gasteiger partial charge in [0.1, 0.15) is 5.82 Å². The first-order valence-electron chi connectivity index (χ1n) is 7.43. The molecule has 1 aliphatic heterocycles. The normalized spacial score (nSPS) is 16.6. The maximum Gasteiger partial charge on any atom is 0.248 e. The summed E-state index contributed by atoms with van der Waals surface area (Å²) in [7, 11) is 2.08. The van der Waals surface area contributed by atoms with Crippen molar-refractivity contribution < 1.29 is 9.18 Å². The zero-order chi connectivity index (χ0) is 15.9. The fourth-order valence-corrected chi connectivity index (χ4v) is 2.36. The monoisotopic (exact) mass is 303 g/mol. The largest absolute Gasteiger partial charge is 0.367 e. The highest BCUT2D eigenvalue weighted by Crippen LogP contribution is 2.27. The molecule has 0 bridgehead atoms.